The van der Waals surface area contributed by atoms with Crippen LogP contribution < -0.4 is 15.4 Å². The minimum absolute atomic E-state index is 0. The van der Waals surface area contributed by atoms with Crippen LogP contribution in [0.3, 0.4) is 0 Å². The molecule has 0 unspecified atom stereocenters. The van der Waals surface area contributed by atoms with Crippen molar-refractivity contribution in [3.63, 3.8) is 0 Å². The molecule has 2 aromatic rings. The Kier molecular flexibility index (Phi) is 9.87. The molecule has 0 aliphatic heterocycles. The molecule has 2 N–H and O–H groups in total. The summed E-state index contributed by atoms with van der Waals surface area (Å²) in [7, 11) is 1.98. The van der Waals surface area contributed by atoms with Gasteiger partial charge in [-0.25, -0.2) is 4.99 Å². The summed E-state index contributed by atoms with van der Waals surface area (Å²) in [5.41, 5.74) is 2.30. The molecular formula is C22H35IN6O. The lowest BCUT2D eigenvalue weighted by atomic mass is 10.1. The highest BCUT2D eigenvalue weighted by atomic mass is 127. The summed E-state index contributed by atoms with van der Waals surface area (Å²) in [6.45, 7) is 8.04. The summed E-state index contributed by atoms with van der Waals surface area (Å²) < 4.78 is 7.95. The van der Waals surface area contributed by atoms with Crippen molar-refractivity contribution in [3.05, 3.63) is 41.0 Å². The Labute approximate surface area is 197 Å². The molecule has 7 nitrogen and oxygen atoms in total. The fourth-order valence-corrected chi connectivity index (χ4v) is 3.49. The number of aliphatic imine (C=N–C) groups is 1. The first kappa shape index (κ1) is 24.4. The fourth-order valence-electron chi connectivity index (χ4n) is 3.49. The summed E-state index contributed by atoms with van der Waals surface area (Å²) in [5, 5.41) is 15.4. The highest BCUT2D eigenvalue weighted by Crippen LogP contribution is 2.22. The van der Waals surface area contributed by atoms with Crippen LogP contribution in [0.2, 0.25) is 0 Å². The van der Waals surface area contributed by atoms with Crippen molar-refractivity contribution in [1.29, 1.82) is 0 Å². The van der Waals surface area contributed by atoms with Crippen LogP contribution in [0.25, 0.3) is 0 Å². The fraction of sp³-hybridized carbons (Fsp3) is 0.591. The van der Waals surface area contributed by atoms with Gasteiger partial charge in [0.15, 0.2) is 11.8 Å². The predicted octanol–water partition coefficient (Wildman–Crippen LogP) is 4.02. The van der Waals surface area contributed by atoms with Crippen LogP contribution >= 0.6 is 24.0 Å². The van der Waals surface area contributed by atoms with E-state index in [0.29, 0.717) is 19.1 Å². The van der Waals surface area contributed by atoms with Crippen molar-refractivity contribution in [2.45, 2.75) is 72.0 Å². The average Bonchev–Trinajstić information content (AvgIpc) is 3.34. The van der Waals surface area contributed by atoms with Crippen LogP contribution in [0.5, 0.6) is 5.75 Å². The van der Waals surface area contributed by atoms with E-state index in [1.807, 2.05) is 18.5 Å². The molecule has 8 heteroatoms. The van der Waals surface area contributed by atoms with E-state index in [-0.39, 0.29) is 24.0 Å². The second kappa shape index (κ2) is 12.1. The van der Waals surface area contributed by atoms with E-state index in [1.54, 1.807) is 0 Å². The lowest BCUT2D eigenvalue weighted by molar-refractivity contribution is 0.314. The van der Waals surface area contributed by atoms with Gasteiger partial charge in [-0.1, -0.05) is 31.9 Å². The Morgan fingerprint density at radius 1 is 1.23 bits per heavy atom. The summed E-state index contributed by atoms with van der Waals surface area (Å²) in [6.07, 6.45) is 5.93. The molecule has 0 saturated heterocycles. The number of nitrogens with zero attached hydrogens (tertiary/aromatic N) is 4. The van der Waals surface area contributed by atoms with Crippen LogP contribution in [0.1, 0.15) is 61.8 Å². The Morgan fingerprint density at radius 3 is 2.67 bits per heavy atom. The molecular weight excluding hydrogens is 491 g/mol. The molecule has 1 fully saturated rings. The van der Waals surface area contributed by atoms with Gasteiger partial charge in [-0.15, -0.1) is 34.2 Å². The molecule has 1 aromatic carbocycles. The molecule has 1 aliphatic carbocycles. The number of nitrogens with one attached hydrogen (secondary N) is 2. The zero-order valence-electron chi connectivity index (χ0n) is 18.6. The van der Waals surface area contributed by atoms with Gasteiger partial charge in [0.1, 0.15) is 11.6 Å². The van der Waals surface area contributed by atoms with E-state index in [0.717, 1.165) is 41.9 Å². The molecule has 1 aliphatic rings. The molecule has 1 heterocycles. The minimum Gasteiger partial charge on any atom is -0.493 e. The van der Waals surface area contributed by atoms with Gasteiger partial charge < -0.3 is 19.9 Å². The molecule has 30 heavy (non-hydrogen) atoms. The van der Waals surface area contributed by atoms with Crippen LogP contribution in [0.4, 0.5) is 0 Å². The maximum absolute atomic E-state index is 5.95. The van der Waals surface area contributed by atoms with E-state index in [2.05, 4.69) is 52.9 Å². The van der Waals surface area contributed by atoms with Gasteiger partial charge >= 0.3 is 0 Å². The Bertz CT molecular complexity index is 829. The maximum atomic E-state index is 5.95. The number of aromatic nitrogens is 3. The number of ether oxygens (including phenoxy) is 1. The SMILES string of the molecule is CCCOc1cc(C)ccc1CN=C(NCc1nnc(C)n1C)NC1CCCC1.I. The monoisotopic (exact) mass is 526 g/mol. The number of benzene rings is 1. The third kappa shape index (κ3) is 6.85. The lowest BCUT2D eigenvalue weighted by Crippen LogP contribution is -2.42. The molecule has 166 valence electrons. The van der Waals surface area contributed by atoms with Crippen molar-refractivity contribution < 1.29 is 4.74 Å². The number of halogens is 1. The summed E-state index contributed by atoms with van der Waals surface area (Å²) in [5.74, 6) is 3.55. The lowest BCUT2D eigenvalue weighted by Gasteiger charge is -2.18. The number of hydrogen-bond acceptors (Lipinski definition) is 4. The van der Waals surface area contributed by atoms with Crippen molar-refractivity contribution >= 4 is 29.9 Å². The third-order valence-electron chi connectivity index (χ3n) is 5.38. The quantitative estimate of drug-likeness (QED) is 0.309. The van der Waals surface area contributed by atoms with E-state index >= 15 is 0 Å². The highest BCUT2D eigenvalue weighted by Gasteiger charge is 2.17. The second-order valence-corrected chi connectivity index (χ2v) is 7.83. The van der Waals surface area contributed by atoms with E-state index in [9.17, 15) is 0 Å². The predicted molar refractivity (Wildman–Crippen MR) is 131 cm³/mol. The van der Waals surface area contributed by atoms with Crippen LogP contribution in [-0.4, -0.2) is 33.4 Å². The van der Waals surface area contributed by atoms with Gasteiger partial charge in [-0.05, 0) is 44.7 Å². The first-order valence-electron chi connectivity index (χ1n) is 10.7. The third-order valence-corrected chi connectivity index (χ3v) is 5.38. The molecule has 0 amide bonds. The van der Waals surface area contributed by atoms with Gasteiger partial charge in [0.05, 0.1) is 19.7 Å². The highest BCUT2D eigenvalue weighted by molar-refractivity contribution is 14.0. The van der Waals surface area contributed by atoms with Gasteiger partial charge in [0, 0.05) is 18.7 Å². The molecule has 0 bridgehead atoms. The Hall–Kier alpha value is -1.84. The smallest absolute Gasteiger partial charge is 0.192 e. The number of guanidine groups is 1. The molecule has 3 rings (SSSR count). The first-order valence-corrected chi connectivity index (χ1v) is 10.7. The van der Waals surface area contributed by atoms with E-state index in [4.69, 9.17) is 9.73 Å². The summed E-state index contributed by atoms with van der Waals surface area (Å²) in [4.78, 5) is 4.86. The maximum Gasteiger partial charge on any atom is 0.192 e. The topological polar surface area (TPSA) is 76.4 Å². The van der Waals surface area contributed by atoms with E-state index < -0.39 is 0 Å². The first-order chi connectivity index (χ1) is 14.1. The van der Waals surface area contributed by atoms with Crippen molar-refractivity contribution in [2.24, 2.45) is 12.0 Å². The van der Waals surface area contributed by atoms with Crippen molar-refractivity contribution in [1.82, 2.24) is 25.4 Å². The molecule has 1 saturated carbocycles. The summed E-state index contributed by atoms with van der Waals surface area (Å²) in [6, 6.07) is 6.81. The minimum atomic E-state index is 0. The Balaban J connectivity index is 0.00000320. The Morgan fingerprint density at radius 2 is 2.00 bits per heavy atom. The number of aryl methyl sites for hydroxylation is 2. The van der Waals surface area contributed by atoms with Gasteiger partial charge in [0.2, 0.25) is 0 Å². The normalized spacial score (nSPS) is 14.5. The van der Waals surface area contributed by atoms with Gasteiger partial charge in [0.25, 0.3) is 0 Å². The van der Waals surface area contributed by atoms with Gasteiger partial charge in [-0.3, -0.25) is 0 Å². The van der Waals surface area contributed by atoms with Crippen molar-refractivity contribution in [2.75, 3.05) is 6.61 Å². The molecule has 0 atom stereocenters. The van der Waals surface area contributed by atoms with Crippen LogP contribution in [0.15, 0.2) is 23.2 Å². The number of hydrogen-bond donors (Lipinski definition) is 2. The standard InChI is InChI=1S/C22H34N6O.HI/c1-5-12-29-20-13-16(2)10-11-18(20)14-23-22(25-19-8-6-7-9-19)24-15-21-27-26-17(3)28(21)4;/h10-11,13,19H,5-9,12,14-15H2,1-4H3,(H2,23,24,25);1H. The zero-order chi connectivity index (χ0) is 20.6. The van der Waals surface area contributed by atoms with Crippen molar-refractivity contribution in [3.8, 4) is 5.75 Å². The number of rotatable bonds is 8. The average molecular weight is 526 g/mol. The summed E-state index contributed by atoms with van der Waals surface area (Å²) >= 11 is 0. The van der Waals surface area contributed by atoms with Gasteiger partial charge in [-0.2, -0.15) is 0 Å². The van der Waals surface area contributed by atoms with E-state index in [1.165, 1.54) is 31.2 Å². The van der Waals surface area contributed by atoms with Crippen LogP contribution in [-0.2, 0) is 20.1 Å². The largest absolute Gasteiger partial charge is 0.493 e. The molecule has 0 spiro atoms. The van der Waals surface area contributed by atoms with Crippen LogP contribution in [0, 0.1) is 13.8 Å². The second-order valence-electron chi connectivity index (χ2n) is 7.83. The molecule has 0 radical (unpaired) electrons. The molecule has 1 aromatic heterocycles. The zero-order valence-corrected chi connectivity index (χ0v) is 20.9.